The second kappa shape index (κ2) is 4.13. The molecule has 0 aromatic carbocycles. The Morgan fingerprint density at radius 2 is 2.00 bits per heavy atom. The van der Waals surface area contributed by atoms with Crippen LogP contribution in [0, 0.1) is 0 Å². The van der Waals surface area contributed by atoms with Gasteiger partial charge in [-0.1, -0.05) is 6.08 Å². The van der Waals surface area contributed by atoms with Gasteiger partial charge in [0.05, 0.1) is 0 Å². The molecule has 1 aliphatic rings. The number of halogens is 3. The lowest BCUT2D eigenvalue weighted by Crippen LogP contribution is -2.11. The van der Waals surface area contributed by atoms with Crippen molar-refractivity contribution < 1.29 is 22.7 Å². The van der Waals surface area contributed by atoms with E-state index in [9.17, 15) is 18.0 Å². The van der Waals surface area contributed by atoms with Gasteiger partial charge in [-0.2, -0.15) is 0 Å². The van der Waals surface area contributed by atoms with Crippen molar-refractivity contribution in [2.45, 2.75) is 12.8 Å². The van der Waals surface area contributed by atoms with Crippen LogP contribution in [0.1, 0.15) is 6.42 Å². The number of aldehydes is 1. The standard InChI is InChI=1S/C9H7F3O2/c10-9(11,12)14-8-3-1-2-7(6-13)4-5-8/h2-6H,1H2. The van der Waals surface area contributed by atoms with E-state index in [1.54, 1.807) is 0 Å². The van der Waals surface area contributed by atoms with Gasteiger partial charge in [0.1, 0.15) is 12.0 Å². The third-order valence-electron chi connectivity index (χ3n) is 1.48. The van der Waals surface area contributed by atoms with Gasteiger partial charge in [-0.25, -0.2) is 0 Å². The summed E-state index contributed by atoms with van der Waals surface area (Å²) in [6, 6.07) is 0. The average molecular weight is 204 g/mol. The summed E-state index contributed by atoms with van der Waals surface area (Å²) in [7, 11) is 0. The molecule has 0 N–H and O–H groups in total. The molecule has 0 unspecified atom stereocenters. The molecule has 0 saturated carbocycles. The Hall–Kier alpha value is -1.52. The molecule has 0 radical (unpaired) electrons. The van der Waals surface area contributed by atoms with Crippen molar-refractivity contribution in [3.05, 3.63) is 35.6 Å². The van der Waals surface area contributed by atoms with Crippen LogP contribution in [0.25, 0.3) is 0 Å². The number of allylic oxidation sites excluding steroid dienone is 5. The molecular formula is C9H7F3O2. The van der Waals surface area contributed by atoms with E-state index in [-0.39, 0.29) is 12.2 Å². The van der Waals surface area contributed by atoms with Gasteiger partial charge in [0.2, 0.25) is 0 Å². The summed E-state index contributed by atoms with van der Waals surface area (Å²) in [5.74, 6) is -0.300. The fourth-order valence-corrected chi connectivity index (χ4v) is 0.922. The zero-order valence-electron chi connectivity index (χ0n) is 7.04. The van der Waals surface area contributed by atoms with E-state index in [0.717, 1.165) is 6.08 Å². The smallest absolute Gasteiger partial charge is 0.406 e. The number of carbonyl (C=O) groups excluding carboxylic acids is 1. The monoisotopic (exact) mass is 204 g/mol. The van der Waals surface area contributed by atoms with E-state index in [1.807, 2.05) is 0 Å². The van der Waals surface area contributed by atoms with Crippen LogP contribution in [0.3, 0.4) is 0 Å². The van der Waals surface area contributed by atoms with Gasteiger partial charge in [0.15, 0.2) is 0 Å². The predicted octanol–water partition coefficient (Wildman–Crippen LogP) is 2.49. The van der Waals surface area contributed by atoms with E-state index >= 15 is 0 Å². The zero-order chi connectivity index (χ0) is 10.6. The number of ether oxygens (including phenoxy) is 1. The molecule has 14 heavy (non-hydrogen) atoms. The normalized spacial score (nSPS) is 16.8. The van der Waals surface area contributed by atoms with Crippen LogP contribution in [0.15, 0.2) is 35.6 Å². The first kappa shape index (κ1) is 10.6. The first-order valence-corrected chi connectivity index (χ1v) is 3.80. The zero-order valence-corrected chi connectivity index (χ0v) is 7.04. The molecule has 0 bridgehead atoms. The lowest BCUT2D eigenvalue weighted by molar-refractivity contribution is -0.303. The minimum atomic E-state index is -4.69. The van der Waals surface area contributed by atoms with Gasteiger partial charge in [-0.05, 0) is 24.6 Å². The third-order valence-corrected chi connectivity index (χ3v) is 1.48. The number of alkyl halides is 3. The maximum atomic E-state index is 11.8. The highest BCUT2D eigenvalue weighted by Crippen LogP contribution is 2.22. The molecule has 1 aliphatic carbocycles. The summed E-state index contributed by atoms with van der Waals surface area (Å²) in [5.41, 5.74) is 0.335. The molecule has 0 fully saturated rings. The summed E-state index contributed by atoms with van der Waals surface area (Å²) in [6.45, 7) is 0. The summed E-state index contributed by atoms with van der Waals surface area (Å²) in [5, 5.41) is 0. The van der Waals surface area contributed by atoms with Crippen LogP contribution in [0.5, 0.6) is 0 Å². The van der Waals surface area contributed by atoms with Crippen molar-refractivity contribution >= 4 is 6.29 Å². The van der Waals surface area contributed by atoms with Crippen molar-refractivity contribution in [1.29, 1.82) is 0 Å². The topological polar surface area (TPSA) is 26.3 Å². The largest absolute Gasteiger partial charge is 0.573 e. The predicted molar refractivity (Wildman–Crippen MR) is 43.1 cm³/mol. The van der Waals surface area contributed by atoms with Gasteiger partial charge >= 0.3 is 6.36 Å². The van der Waals surface area contributed by atoms with Gasteiger partial charge in [-0.15, -0.1) is 13.2 Å². The molecule has 0 saturated heterocycles. The number of carbonyl (C=O) groups is 1. The lowest BCUT2D eigenvalue weighted by Gasteiger charge is -2.08. The molecule has 0 aliphatic heterocycles. The Kier molecular flexibility index (Phi) is 3.11. The van der Waals surface area contributed by atoms with E-state index in [2.05, 4.69) is 4.74 Å². The van der Waals surface area contributed by atoms with E-state index in [0.29, 0.717) is 11.9 Å². The molecule has 0 aromatic rings. The SMILES string of the molecule is O=CC1=CCC=C(OC(F)(F)F)C=C1. The Balaban J connectivity index is 2.68. The summed E-state index contributed by atoms with van der Waals surface area (Å²) in [6.07, 6.45) is 1.27. The molecule has 1 rings (SSSR count). The second-order valence-electron chi connectivity index (χ2n) is 2.55. The molecule has 0 heterocycles. The van der Waals surface area contributed by atoms with Gasteiger partial charge in [0, 0.05) is 5.57 Å². The molecule has 0 aromatic heterocycles. The molecule has 2 nitrogen and oxygen atoms in total. The van der Waals surface area contributed by atoms with Gasteiger partial charge in [-0.3, -0.25) is 4.79 Å². The van der Waals surface area contributed by atoms with E-state index in [4.69, 9.17) is 0 Å². The van der Waals surface area contributed by atoms with Gasteiger partial charge in [0.25, 0.3) is 0 Å². The Labute approximate surface area is 78.4 Å². The maximum absolute atomic E-state index is 11.8. The molecule has 5 heteroatoms. The highest BCUT2D eigenvalue weighted by molar-refractivity contribution is 5.77. The minimum Gasteiger partial charge on any atom is -0.406 e. The van der Waals surface area contributed by atoms with Crippen molar-refractivity contribution in [2.24, 2.45) is 0 Å². The van der Waals surface area contributed by atoms with Crippen LogP contribution in [0.4, 0.5) is 13.2 Å². The summed E-state index contributed by atoms with van der Waals surface area (Å²) in [4.78, 5) is 10.3. The first-order valence-electron chi connectivity index (χ1n) is 3.80. The fourth-order valence-electron chi connectivity index (χ4n) is 0.922. The Bertz CT molecular complexity index is 311. The van der Waals surface area contributed by atoms with E-state index < -0.39 is 6.36 Å². The number of hydrogen-bond acceptors (Lipinski definition) is 2. The van der Waals surface area contributed by atoms with Crippen LogP contribution < -0.4 is 0 Å². The number of hydrogen-bond donors (Lipinski definition) is 0. The van der Waals surface area contributed by atoms with Crippen LogP contribution in [-0.2, 0) is 9.53 Å². The van der Waals surface area contributed by atoms with Crippen LogP contribution in [-0.4, -0.2) is 12.6 Å². The Morgan fingerprint density at radius 1 is 1.29 bits per heavy atom. The van der Waals surface area contributed by atoms with Crippen molar-refractivity contribution in [1.82, 2.24) is 0 Å². The van der Waals surface area contributed by atoms with Crippen molar-refractivity contribution in [2.75, 3.05) is 0 Å². The van der Waals surface area contributed by atoms with E-state index in [1.165, 1.54) is 18.2 Å². The molecule has 76 valence electrons. The molecule has 0 amide bonds. The Morgan fingerprint density at radius 3 is 2.57 bits per heavy atom. The average Bonchev–Trinajstić information content (AvgIpc) is 2.27. The van der Waals surface area contributed by atoms with Crippen molar-refractivity contribution in [3.63, 3.8) is 0 Å². The fraction of sp³-hybridized carbons (Fsp3) is 0.222. The number of rotatable bonds is 2. The molecule has 0 atom stereocenters. The highest BCUT2D eigenvalue weighted by atomic mass is 19.4. The quantitative estimate of drug-likeness (QED) is 0.646. The first-order chi connectivity index (χ1) is 6.51. The molecule has 0 spiro atoms. The highest BCUT2D eigenvalue weighted by Gasteiger charge is 2.31. The minimum absolute atomic E-state index is 0.243. The molecular weight excluding hydrogens is 197 g/mol. The maximum Gasteiger partial charge on any atom is 0.573 e. The third kappa shape index (κ3) is 3.47. The lowest BCUT2D eigenvalue weighted by atomic mass is 10.2. The van der Waals surface area contributed by atoms with Crippen LogP contribution in [0.2, 0.25) is 0 Å². The van der Waals surface area contributed by atoms with Crippen molar-refractivity contribution in [3.8, 4) is 0 Å². The second-order valence-corrected chi connectivity index (χ2v) is 2.55. The van der Waals surface area contributed by atoms with Crippen LogP contribution >= 0.6 is 0 Å². The summed E-state index contributed by atoms with van der Waals surface area (Å²) >= 11 is 0. The van der Waals surface area contributed by atoms with Gasteiger partial charge < -0.3 is 4.74 Å². The summed E-state index contributed by atoms with van der Waals surface area (Å²) < 4.78 is 39.0.